The minimum atomic E-state index is -0.423. The van der Waals surface area contributed by atoms with Gasteiger partial charge in [0.05, 0.1) is 5.41 Å². The van der Waals surface area contributed by atoms with Crippen LogP contribution < -0.4 is 0 Å². The quantitative estimate of drug-likeness (QED) is 0.177. The van der Waals surface area contributed by atoms with Crippen LogP contribution in [0.3, 0.4) is 0 Å². The smallest absolute Gasteiger partial charge is 0.0614 e. The van der Waals surface area contributed by atoms with Crippen molar-refractivity contribution in [2.45, 2.75) is 46.0 Å². The van der Waals surface area contributed by atoms with Gasteiger partial charge in [-0.3, -0.25) is 0 Å². The fraction of sp³-hybridized carbons (Fsp3) is 0.149. The maximum absolute atomic E-state index is 2.54. The number of aryl methyl sites for hydroxylation is 4. The molecular formula is C47H40. The lowest BCUT2D eigenvalue weighted by atomic mass is 9.63. The molecule has 0 aliphatic heterocycles. The summed E-state index contributed by atoms with van der Waals surface area (Å²) >= 11 is 0. The molecule has 228 valence electrons. The van der Waals surface area contributed by atoms with Crippen molar-refractivity contribution in [3.63, 3.8) is 0 Å². The third-order valence-corrected chi connectivity index (χ3v) is 10.4. The van der Waals surface area contributed by atoms with Gasteiger partial charge in [-0.25, -0.2) is 0 Å². The molecule has 0 saturated heterocycles. The molecule has 8 rings (SSSR count). The van der Waals surface area contributed by atoms with Gasteiger partial charge in [-0.1, -0.05) is 168 Å². The molecule has 0 heteroatoms. The van der Waals surface area contributed by atoms with E-state index in [0.717, 1.165) is 12.8 Å². The average molecular weight is 605 g/mol. The molecule has 2 aliphatic carbocycles. The van der Waals surface area contributed by atoms with Crippen molar-refractivity contribution in [3.05, 3.63) is 200 Å². The van der Waals surface area contributed by atoms with E-state index in [0.29, 0.717) is 0 Å². The molecule has 0 unspecified atom stereocenters. The summed E-state index contributed by atoms with van der Waals surface area (Å²) in [5, 5.41) is 0. The predicted molar refractivity (Wildman–Crippen MR) is 200 cm³/mol. The summed E-state index contributed by atoms with van der Waals surface area (Å²) in [6.07, 6.45) is 6.90. The van der Waals surface area contributed by atoms with Gasteiger partial charge < -0.3 is 0 Å². The van der Waals surface area contributed by atoms with Crippen molar-refractivity contribution in [1.82, 2.24) is 0 Å². The summed E-state index contributed by atoms with van der Waals surface area (Å²) < 4.78 is 0. The van der Waals surface area contributed by atoms with E-state index in [2.05, 4.69) is 173 Å². The third kappa shape index (κ3) is 5.00. The largest absolute Gasteiger partial charge is 0.0634 e. The Balaban J connectivity index is 1.40. The number of hydrogen-bond acceptors (Lipinski definition) is 0. The molecule has 0 radical (unpaired) electrons. The Labute approximate surface area is 279 Å². The predicted octanol–water partition coefficient (Wildman–Crippen LogP) is 11.8. The molecular weight excluding hydrogens is 565 g/mol. The van der Waals surface area contributed by atoms with Crippen LogP contribution in [-0.2, 0) is 18.3 Å². The summed E-state index contributed by atoms with van der Waals surface area (Å²) in [5.41, 5.74) is 21.0. The van der Waals surface area contributed by atoms with Crippen LogP contribution in [0.15, 0.2) is 145 Å². The van der Waals surface area contributed by atoms with Crippen molar-refractivity contribution >= 4 is 12.2 Å². The number of fused-ring (bicyclic) bond motifs is 2. The molecule has 6 aromatic rings. The molecule has 0 spiro atoms. The molecule has 0 fully saturated rings. The second-order valence-electron chi connectivity index (χ2n) is 13.7. The van der Waals surface area contributed by atoms with Gasteiger partial charge in [0.25, 0.3) is 0 Å². The second-order valence-corrected chi connectivity index (χ2v) is 13.7. The lowest BCUT2D eigenvalue weighted by Crippen LogP contribution is -2.33. The zero-order valence-corrected chi connectivity index (χ0v) is 27.8. The number of allylic oxidation sites excluding steroid dienone is 2. The third-order valence-electron chi connectivity index (χ3n) is 10.4. The van der Waals surface area contributed by atoms with Crippen LogP contribution in [0.5, 0.6) is 0 Å². The topological polar surface area (TPSA) is 0 Å². The van der Waals surface area contributed by atoms with Crippen molar-refractivity contribution in [2.24, 2.45) is 0 Å². The molecule has 0 amide bonds. The Bertz CT molecular complexity index is 2040. The van der Waals surface area contributed by atoms with Gasteiger partial charge in [-0.15, -0.1) is 0 Å². The Morgan fingerprint density at radius 2 is 0.809 bits per heavy atom. The monoisotopic (exact) mass is 604 g/mol. The van der Waals surface area contributed by atoms with Gasteiger partial charge in [-0.05, 0) is 107 Å². The van der Waals surface area contributed by atoms with Crippen molar-refractivity contribution in [3.8, 4) is 22.3 Å². The van der Waals surface area contributed by atoms with Crippen LogP contribution >= 0.6 is 0 Å². The average Bonchev–Trinajstić information content (AvgIpc) is 3.72. The Hall–Kier alpha value is -5.20. The molecule has 0 heterocycles. The lowest BCUT2D eigenvalue weighted by Gasteiger charge is -2.39. The molecule has 0 nitrogen and oxygen atoms in total. The van der Waals surface area contributed by atoms with E-state index in [4.69, 9.17) is 0 Å². The highest BCUT2D eigenvalue weighted by atomic mass is 14.5. The first-order valence-corrected chi connectivity index (χ1v) is 16.8. The highest BCUT2D eigenvalue weighted by Crippen LogP contribution is 2.54. The van der Waals surface area contributed by atoms with E-state index in [-0.39, 0.29) is 0 Å². The summed E-state index contributed by atoms with van der Waals surface area (Å²) in [6, 6.07) is 50.3. The van der Waals surface area contributed by atoms with E-state index in [1.165, 1.54) is 89.0 Å². The first-order chi connectivity index (χ1) is 22.9. The fourth-order valence-electron chi connectivity index (χ4n) is 8.07. The standard InChI is InChI=1S/C47H40/c1-31-17-21-39(22-18-31)47(40-23-19-32(2)20-24-40,41-27-37-13-7-15-43(45(37)29-41)35-11-5-9-33(3)25-35)42-28-38-14-8-16-44(46(38)30-42)36-12-6-10-34(4)26-36/h5-26,29-30H,27-28H2,1-4H3. The summed E-state index contributed by atoms with van der Waals surface area (Å²) in [4.78, 5) is 0. The summed E-state index contributed by atoms with van der Waals surface area (Å²) in [5.74, 6) is 0. The Morgan fingerprint density at radius 3 is 1.21 bits per heavy atom. The molecule has 0 atom stereocenters. The zero-order chi connectivity index (χ0) is 32.1. The van der Waals surface area contributed by atoms with Crippen LogP contribution in [0.2, 0.25) is 0 Å². The fourth-order valence-corrected chi connectivity index (χ4v) is 8.07. The zero-order valence-electron chi connectivity index (χ0n) is 27.8. The Morgan fingerprint density at radius 1 is 0.404 bits per heavy atom. The molecule has 0 saturated carbocycles. The van der Waals surface area contributed by atoms with Gasteiger partial charge in [0.2, 0.25) is 0 Å². The minimum Gasteiger partial charge on any atom is -0.0614 e. The van der Waals surface area contributed by atoms with Crippen molar-refractivity contribution in [2.75, 3.05) is 0 Å². The van der Waals surface area contributed by atoms with Gasteiger partial charge in [0, 0.05) is 0 Å². The maximum atomic E-state index is 2.54. The van der Waals surface area contributed by atoms with Gasteiger partial charge in [-0.2, -0.15) is 0 Å². The van der Waals surface area contributed by atoms with E-state index >= 15 is 0 Å². The van der Waals surface area contributed by atoms with E-state index < -0.39 is 5.41 Å². The van der Waals surface area contributed by atoms with E-state index in [9.17, 15) is 0 Å². The SMILES string of the molecule is Cc1ccc(C(C2=Cc3c(cccc3-c3cccc(C)c3)C2)(C2=Cc3c(cccc3-c3cccc(C)c3)C2)c2ccc(C)cc2)cc1. The molecule has 0 N–H and O–H groups in total. The van der Waals surface area contributed by atoms with Crippen LogP contribution in [0.4, 0.5) is 0 Å². The van der Waals surface area contributed by atoms with Gasteiger partial charge in [0.15, 0.2) is 0 Å². The van der Waals surface area contributed by atoms with E-state index in [1.807, 2.05) is 0 Å². The normalized spacial score (nSPS) is 13.6. The number of rotatable bonds is 6. The molecule has 2 aliphatic rings. The molecule has 0 bridgehead atoms. The minimum absolute atomic E-state index is 0.423. The van der Waals surface area contributed by atoms with Crippen LogP contribution in [0, 0.1) is 27.7 Å². The van der Waals surface area contributed by atoms with E-state index in [1.54, 1.807) is 0 Å². The maximum Gasteiger partial charge on any atom is 0.0634 e. The molecule has 47 heavy (non-hydrogen) atoms. The van der Waals surface area contributed by atoms with Gasteiger partial charge >= 0.3 is 0 Å². The molecule has 0 aromatic heterocycles. The molecule has 6 aromatic carbocycles. The number of benzene rings is 6. The van der Waals surface area contributed by atoms with Crippen LogP contribution in [0.25, 0.3) is 34.4 Å². The highest BCUT2D eigenvalue weighted by molar-refractivity contribution is 5.87. The number of hydrogen-bond donors (Lipinski definition) is 0. The van der Waals surface area contributed by atoms with Crippen LogP contribution in [0.1, 0.15) is 55.6 Å². The Kier molecular flexibility index (Phi) is 7.18. The first kappa shape index (κ1) is 29.2. The van der Waals surface area contributed by atoms with Crippen LogP contribution in [-0.4, -0.2) is 0 Å². The summed E-state index contributed by atoms with van der Waals surface area (Å²) in [6.45, 7) is 8.75. The van der Waals surface area contributed by atoms with Crippen molar-refractivity contribution in [1.29, 1.82) is 0 Å². The first-order valence-electron chi connectivity index (χ1n) is 16.8. The summed E-state index contributed by atoms with van der Waals surface area (Å²) in [7, 11) is 0. The lowest BCUT2D eigenvalue weighted by molar-refractivity contribution is 0.684. The van der Waals surface area contributed by atoms with Crippen molar-refractivity contribution < 1.29 is 0 Å². The highest BCUT2D eigenvalue weighted by Gasteiger charge is 2.44. The van der Waals surface area contributed by atoms with Gasteiger partial charge in [0.1, 0.15) is 0 Å². The second kappa shape index (κ2) is 11.6.